The minimum Gasteiger partial charge on any atom is -0.480 e. The molecule has 1 aromatic rings. The average molecular weight is 324 g/mol. The van der Waals surface area contributed by atoms with E-state index in [9.17, 15) is 26.4 Å². The van der Waals surface area contributed by atoms with Gasteiger partial charge in [-0.15, -0.1) is 0 Å². The van der Waals surface area contributed by atoms with Crippen LogP contribution in [0.15, 0.2) is 17.0 Å². The highest BCUT2D eigenvalue weighted by atomic mass is 32.2. The fourth-order valence-electron chi connectivity index (χ4n) is 2.02. The lowest BCUT2D eigenvalue weighted by molar-refractivity contribution is -0.142. The summed E-state index contributed by atoms with van der Waals surface area (Å²) in [7, 11) is -4.50. The Labute approximate surface area is 118 Å². The molecule has 0 amide bonds. The van der Waals surface area contributed by atoms with Gasteiger partial charge < -0.3 is 10.8 Å². The van der Waals surface area contributed by atoms with Gasteiger partial charge >= 0.3 is 5.97 Å². The SMILES string of the molecule is NC1(C(=O)O)CCN(S(=O)(=O)c2ccc(F)c(F)c2F)C1. The molecule has 0 spiro atoms. The van der Waals surface area contributed by atoms with E-state index in [0.717, 1.165) is 0 Å². The third kappa shape index (κ3) is 2.49. The number of nitrogens with two attached hydrogens (primary N) is 1. The number of carboxylic acids is 1. The smallest absolute Gasteiger partial charge is 0.325 e. The topological polar surface area (TPSA) is 101 Å². The third-order valence-corrected chi connectivity index (χ3v) is 5.17. The molecule has 1 saturated heterocycles. The lowest BCUT2D eigenvalue weighted by Crippen LogP contribution is -2.50. The quantitative estimate of drug-likeness (QED) is 0.778. The molecule has 3 N–H and O–H groups in total. The second-order valence-corrected chi connectivity index (χ2v) is 6.63. The normalized spacial score (nSPS) is 23.4. The summed E-state index contributed by atoms with van der Waals surface area (Å²) in [6, 6.07) is 1.06. The molecule has 2 rings (SSSR count). The molecule has 1 heterocycles. The van der Waals surface area contributed by atoms with Gasteiger partial charge in [0.05, 0.1) is 0 Å². The molecule has 1 atom stereocenters. The van der Waals surface area contributed by atoms with Crippen molar-refractivity contribution in [3.8, 4) is 0 Å². The van der Waals surface area contributed by atoms with E-state index in [4.69, 9.17) is 10.8 Å². The van der Waals surface area contributed by atoms with Gasteiger partial charge in [0.25, 0.3) is 0 Å². The Hall–Kier alpha value is -1.65. The lowest BCUT2D eigenvalue weighted by Gasteiger charge is -2.20. The first kappa shape index (κ1) is 15.7. The maximum Gasteiger partial charge on any atom is 0.325 e. The van der Waals surface area contributed by atoms with Crippen molar-refractivity contribution in [3.05, 3.63) is 29.6 Å². The van der Waals surface area contributed by atoms with Crippen molar-refractivity contribution in [1.82, 2.24) is 4.31 Å². The Kier molecular flexibility index (Phi) is 3.72. The molecule has 10 heteroatoms. The highest BCUT2D eigenvalue weighted by Crippen LogP contribution is 2.28. The number of sulfonamides is 1. The summed E-state index contributed by atoms with van der Waals surface area (Å²) in [6.45, 7) is -0.841. The average Bonchev–Trinajstić information content (AvgIpc) is 2.80. The van der Waals surface area contributed by atoms with E-state index in [-0.39, 0.29) is 13.0 Å². The van der Waals surface area contributed by atoms with Crippen LogP contribution in [0.1, 0.15) is 6.42 Å². The van der Waals surface area contributed by atoms with Crippen molar-refractivity contribution < 1.29 is 31.5 Å². The Morgan fingerprint density at radius 2 is 1.90 bits per heavy atom. The first-order valence-corrected chi connectivity index (χ1v) is 7.19. The van der Waals surface area contributed by atoms with Crippen LogP contribution in [0, 0.1) is 17.5 Å². The molecule has 0 radical (unpaired) electrons. The summed E-state index contributed by atoms with van der Waals surface area (Å²) in [4.78, 5) is 9.91. The number of carbonyl (C=O) groups is 1. The predicted molar refractivity (Wildman–Crippen MR) is 64.2 cm³/mol. The van der Waals surface area contributed by atoms with Gasteiger partial charge in [-0.3, -0.25) is 4.79 Å². The summed E-state index contributed by atoms with van der Waals surface area (Å²) >= 11 is 0. The zero-order valence-electron chi connectivity index (χ0n) is 10.5. The Morgan fingerprint density at radius 3 is 2.43 bits per heavy atom. The number of aliphatic carboxylic acids is 1. The highest BCUT2D eigenvalue weighted by Gasteiger charge is 2.46. The largest absolute Gasteiger partial charge is 0.480 e. The van der Waals surface area contributed by atoms with Crippen molar-refractivity contribution in [2.75, 3.05) is 13.1 Å². The molecule has 0 saturated carbocycles. The van der Waals surface area contributed by atoms with Crippen LogP contribution < -0.4 is 5.73 Å². The lowest BCUT2D eigenvalue weighted by atomic mass is 10.0. The number of hydrogen-bond donors (Lipinski definition) is 2. The van der Waals surface area contributed by atoms with Crippen LogP contribution in [0.25, 0.3) is 0 Å². The molecule has 1 aliphatic heterocycles. The van der Waals surface area contributed by atoms with E-state index in [2.05, 4.69) is 0 Å². The summed E-state index contributed by atoms with van der Waals surface area (Å²) in [5.74, 6) is -6.68. The fourth-order valence-corrected chi connectivity index (χ4v) is 3.59. The zero-order valence-corrected chi connectivity index (χ0v) is 11.3. The third-order valence-electron chi connectivity index (χ3n) is 3.31. The second kappa shape index (κ2) is 4.97. The second-order valence-electron chi connectivity index (χ2n) is 4.72. The van der Waals surface area contributed by atoms with Gasteiger partial charge in [-0.25, -0.2) is 21.6 Å². The van der Waals surface area contributed by atoms with Crippen LogP contribution in [0.4, 0.5) is 13.2 Å². The molecule has 1 aromatic carbocycles. The van der Waals surface area contributed by atoms with Crippen LogP contribution in [-0.4, -0.2) is 42.4 Å². The highest BCUT2D eigenvalue weighted by molar-refractivity contribution is 7.89. The van der Waals surface area contributed by atoms with E-state index in [1.807, 2.05) is 0 Å². The van der Waals surface area contributed by atoms with Gasteiger partial charge in [-0.05, 0) is 18.6 Å². The van der Waals surface area contributed by atoms with Gasteiger partial charge in [0.1, 0.15) is 10.4 Å². The number of benzene rings is 1. The van der Waals surface area contributed by atoms with E-state index in [0.29, 0.717) is 16.4 Å². The van der Waals surface area contributed by atoms with Crippen molar-refractivity contribution in [1.29, 1.82) is 0 Å². The first-order chi connectivity index (χ1) is 9.59. The monoisotopic (exact) mass is 324 g/mol. The summed E-state index contributed by atoms with van der Waals surface area (Å²) in [5, 5.41) is 8.93. The number of halogens is 3. The van der Waals surface area contributed by atoms with E-state index < -0.39 is 50.4 Å². The van der Waals surface area contributed by atoms with Gasteiger partial charge in [0, 0.05) is 13.1 Å². The van der Waals surface area contributed by atoms with Crippen molar-refractivity contribution >= 4 is 16.0 Å². The number of nitrogens with zero attached hydrogens (tertiary/aromatic N) is 1. The van der Waals surface area contributed by atoms with Gasteiger partial charge in [-0.2, -0.15) is 4.31 Å². The van der Waals surface area contributed by atoms with Crippen LogP contribution >= 0.6 is 0 Å². The number of carboxylic acid groups (broad SMARTS) is 1. The molecule has 6 nitrogen and oxygen atoms in total. The molecular weight excluding hydrogens is 313 g/mol. The molecule has 1 unspecified atom stereocenters. The first-order valence-electron chi connectivity index (χ1n) is 5.75. The fraction of sp³-hybridized carbons (Fsp3) is 0.364. The molecule has 1 fully saturated rings. The molecule has 0 aromatic heterocycles. The molecular formula is C11H11F3N2O4S. The van der Waals surface area contributed by atoms with Gasteiger partial charge in [-0.1, -0.05) is 0 Å². The summed E-state index contributed by atoms with van der Waals surface area (Å²) < 4.78 is 64.6. The van der Waals surface area contributed by atoms with Crippen LogP contribution in [0.5, 0.6) is 0 Å². The maximum absolute atomic E-state index is 13.6. The van der Waals surface area contributed by atoms with Crippen LogP contribution in [-0.2, 0) is 14.8 Å². The Morgan fingerprint density at radius 1 is 1.29 bits per heavy atom. The van der Waals surface area contributed by atoms with Crippen LogP contribution in [0.3, 0.4) is 0 Å². The Balaban J connectivity index is 2.41. The molecule has 1 aliphatic rings. The van der Waals surface area contributed by atoms with Crippen molar-refractivity contribution in [3.63, 3.8) is 0 Å². The van der Waals surface area contributed by atoms with Crippen molar-refractivity contribution in [2.45, 2.75) is 16.9 Å². The summed E-state index contributed by atoms with van der Waals surface area (Å²) in [6.07, 6.45) is -0.174. The minimum atomic E-state index is -4.50. The van der Waals surface area contributed by atoms with Crippen molar-refractivity contribution in [2.24, 2.45) is 5.73 Å². The number of rotatable bonds is 3. The summed E-state index contributed by atoms with van der Waals surface area (Å²) in [5.41, 5.74) is 3.74. The predicted octanol–water partition coefficient (Wildman–Crippen LogP) is 0.280. The van der Waals surface area contributed by atoms with E-state index in [1.165, 1.54) is 0 Å². The maximum atomic E-state index is 13.6. The molecule has 0 bridgehead atoms. The Bertz CT molecular complexity index is 710. The van der Waals surface area contributed by atoms with E-state index >= 15 is 0 Å². The molecule has 0 aliphatic carbocycles. The zero-order chi connectivity index (χ0) is 16.0. The minimum absolute atomic E-state index is 0.174. The number of hydrogen-bond acceptors (Lipinski definition) is 4. The molecule has 116 valence electrons. The van der Waals surface area contributed by atoms with Gasteiger partial charge in [0.2, 0.25) is 10.0 Å². The standard InChI is InChI=1S/C11H11F3N2O4S/c12-6-1-2-7(9(14)8(6)13)21(19,20)16-4-3-11(15,5-16)10(17)18/h1-2H,3-5,15H2,(H,17,18). The van der Waals surface area contributed by atoms with Gasteiger partial charge in [0.15, 0.2) is 17.5 Å². The van der Waals surface area contributed by atoms with Crippen LogP contribution in [0.2, 0.25) is 0 Å². The van der Waals surface area contributed by atoms with E-state index in [1.54, 1.807) is 0 Å². The molecule has 21 heavy (non-hydrogen) atoms.